The maximum absolute atomic E-state index is 12.7. The predicted molar refractivity (Wildman–Crippen MR) is 73.4 cm³/mol. The minimum Gasteiger partial charge on any atom is -0.334 e. The van der Waals surface area contributed by atoms with Gasteiger partial charge in [-0.1, -0.05) is 12.1 Å². The molecular weight excluding hydrogens is 303 g/mol. The second-order valence-electron chi connectivity index (χ2n) is 4.22. The molecule has 0 radical (unpaired) electrons. The number of aromatic nitrogens is 2. The van der Waals surface area contributed by atoms with Crippen molar-refractivity contribution in [3.8, 4) is 0 Å². The van der Waals surface area contributed by atoms with E-state index in [-0.39, 0.29) is 22.6 Å². The van der Waals surface area contributed by atoms with E-state index in [1.165, 1.54) is 23.5 Å². The molecule has 3 rings (SSSR count). The van der Waals surface area contributed by atoms with Gasteiger partial charge in [0, 0.05) is 0 Å². The van der Waals surface area contributed by atoms with Crippen molar-refractivity contribution in [2.24, 2.45) is 0 Å². The largest absolute Gasteiger partial charge is 0.449 e. The standard InChI is InChI=1S/C13H8F3N3OS/c14-13(15,16)12-18-8-4-1-3-7(10(8)19-12)17-11(20)9-5-2-6-21-9/h1-6H,(H,17,20)(H,18,19). The van der Waals surface area contributed by atoms with Crippen LogP contribution in [0.25, 0.3) is 11.0 Å². The van der Waals surface area contributed by atoms with Gasteiger partial charge >= 0.3 is 6.18 Å². The summed E-state index contributed by atoms with van der Waals surface area (Å²) in [5.74, 6) is -1.47. The number of para-hydroxylation sites is 1. The molecule has 0 fully saturated rings. The SMILES string of the molecule is O=C(Nc1cccc2[nH]c(C(F)(F)F)nc12)c1cccs1. The Bertz CT molecular complexity index is 793. The summed E-state index contributed by atoms with van der Waals surface area (Å²) in [4.78, 5) is 18.2. The van der Waals surface area contributed by atoms with Gasteiger partial charge in [0.2, 0.25) is 5.82 Å². The van der Waals surface area contributed by atoms with Crippen molar-refractivity contribution >= 4 is 34.0 Å². The predicted octanol–water partition coefficient (Wildman–Crippen LogP) is 3.90. The van der Waals surface area contributed by atoms with Gasteiger partial charge in [0.25, 0.3) is 5.91 Å². The van der Waals surface area contributed by atoms with Crippen molar-refractivity contribution < 1.29 is 18.0 Å². The second-order valence-corrected chi connectivity index (χ2v) is 5.16. The van der Waals surface area contributed by atoms with Crippen LogP contribution in [-0.2, 0) is 6.18 Å². The number of aromatic amines is 1. The first-order valence-electron chi connectivity index (χ1n) is 5.86. The number of hydrogen-bond acceptors (Lipinski definition) is 3. The summed E-state index contributed by atoms with van der Waals surface area (Å²) in [7, 11) is 0. The molecule has 21 heavy (non-hydrogen) atoms. The van der Waals surface area contributed by atoms with Crippen LogP contribution in [-0.4, -0.2) is 15.9 Å². The number of alkyl halides is 3. The van der Waals surface area contributed by atoms with Crippen LogP contribution in [0.15, 0.2) is 35.7 Å². The molecule has 0 atom stereocenters. The lowest BCUT2D eigenvalue weighted by molar-refractivity contribution is -0.144. The fraction of sp³-hybridized carbons (Fsp3) is 0.0769. The number of amides is 1. The van der Waals surface area contributed by atoms with Crippen molar-refractivity contribution in [1.29, 1.82) is 0 Å². The molecule has 2 aromatic heterocycles. The quantitative estimate of drug-likeness (QED) is 0.754. The molecule has 2 heterocycles. The molecular formula is C13H8F3N3OS. The molecule has 0 spiro atoms. The number of anilines is 1. The lowest BCUT2D eigenvalue weighted by Gasteiger charge is -2.04. The van der Waals surface area contributed by atoms with Gasteiger partial charge in [-0.05, 0) is 23.6 Å². The molecule has 0 aliphatic carbocycles. The summed E-state index contributed by atoms with van der Waals surface area (Å²) >= 11 is 1.24. The van der Waals surface area contributed by atoms with E-state index in [1.54, 1.807) is 23.6 Å². The number of H-pyrrole nitrogens is 1. The van der Waals surface area contributed by atoms with Crippen LogP contribution in [0.3, 0.4) is 0 Å². The average molecular weight is 311 g/mol. The smallest absolute Gasteiger partial charge is 0.334 e. The number of halogens is 3. The number of carbonyl (C=O) groups is 1. The van der Waals surface area contributed by atoms with Crippen molar-refractivity contribution in [3.05, 3.63) is 46.4 Å². The molecule has 2 N–H and O–H groups in total. The minimum absolute atomic E-state index is 0.0785. The normalized spacial score (nSPS) is 11.8. The lowest BCUT2D eigenvalue weighted by Crippen LogP contribution is -2.10. The molecule has 0 saturated carbocycles. The van der Waals surface area contributed by atoms with E-state index in [0.717, 1.165) is 0 Å². The Morgan fingerprint density at radius 2 is 2.05 bits per heavy atom. The zero-order valence-corrected chi connectivity index (χ0v) is 11.2. The van der Waals surface area contributed by atoms with Gasteiger partial charge in [-0.15, -0.1) is 11.3 Å². The van der Waals surface area contributed by atoms with Gasteiger partial charge in [0.05, 0.1) is 16.1 Å². The molecule has 8 heteroatoms. The zero-order valence-electron chi connectivity index (χ0n) is 10.4. The van der Waals surface area contributed by atoms with Crippen LogP contribution in [0.2, 0.25) is 0 Å². The minimum atomic E-state index is -4.56. The summed E-state index contributed by atoms with van der Waals surface area (Å²) in [6.07, 6.45) is -4.56. The highest BCUT2D eigenvalue weighted by molar-refractivity contribution is 7.12. The topological polar surface area (TPSA) is 57.8 Å². The fourth-order valence-electron chi connectivity index (χ4n) is 1.86. The average Bonchev–Trinajstić information content (AvgIpc) is 3.07. The molecule has 0 saturated heterocycles. The van der Waals surface area contributed by atoms with Crippen molar-refractivity contribution in [2.75, 3.05) is 5.32 Å². The number of rotatable bonds is 2. The van der Waals surface area contributed by atoms with Crippen LogP contribution < -0.4 is 5.32 Å². The Labute approximate surface area is 120 Å². The van der Waals surface area contributed by atoms with E-state index >= 15 is 0 Å². The molecule has 1 amide bonds. The highest BCUT2D eigenvalue weighted by Gasteiger charge is 2.35. The number of fused-ring (bicyclic) bond motifs is 1. The van der Waals surface area contributed by atoms with Crippen LogP contribution in [0.5, 0.6) is 0 Å². The zero-order chi connectivity index (χ0) is 15.0. The Morgan fingerprint density at radius 3 is 2.71 bits per heavy atom. The van der Waals surface area contributed by atoms with Crippen molar-refractivity contribution in [1.82, 2.24) is 9.97 Å². The summed E-state index contributed by atoms with van der Waals surface area (Å²) in [6.45, 7) is 0. The van der Waals surface area contributed by atoms with Crippen LogP contribution in [0, 0.1) is 0 Å². The molecule has 0 bridgehead atoms. The van der Waals surface area contributed by atoms with Crippen LogP contribution in [0.1, 0.15) is 15.5 Å². The summed E-state index contributed by atoms with van der Waals surface area (Å²) < 4.78 is 38.0. The second kappa shape index (κ2) is 4.88. The summed E-state index contributed by atoms with van der Waals surface area (Å²) in [5.41, 5.74) is 0.527. The third kappa shape index (κ3) is 2.62. The van der Waals surface area contributed by atoms with Crippen molar-refractivity contribution in [2.45, 2.75) is 6.18 Å². The number of nitrogens with one attached hydrogen (secondary N) is 2. The third-order valence-electron chi connectivity index (χ3n) is 2.77. The van der Waals surface area contributed by atoms with Crippen LogP contribution >= 0.6 is 11.3 Å². The molecule has 0 aliphatic heterocycles. The van der Waals surface area contributed by atoms with E-state index in [2.05, 4.69) is 15.3 Å². The number of imidazole rings is 1. The number of carbonyl (C=O) groups excluding carboxylic acids is 1. The highest BCUT2D eigenvalue weighted by Crippen LogP contribution is 2.31. The van der Waals surface area contributed by atoms with E-state index < -0.39 is 12.0 Å². The van der Waals surface area contributed by atoms with E-state index in [9.17, 15) is 18.0 Å². The number of thiophene rings is 1. The van der Waals surface area contributed by atoms with E-state index in [0.29, 0.717) is 4.88 Å². The molecule has 108 valence electrons. The molecule has 3 aromatic rings. The Balaban J connectivity index is 1.99. The lowest BCUT2D eigenvalue weighted by atomic mass is 10.2. The number of hydrogen-bond donors (Lipinski definition) is 2. The maximum Gasteiger partial charge on any atom is 0.449 e. The molecule has 0 aliphatic rings. The molecule has 0 unspecified atom stereocenters. The van der Waals surface area contributed by atoms with E-state index in [1.807, 2.05) is 0 Å². The van der Waals surface area contributed by atoms with Gasteiger partial charge < -0.3 is 10.3 Å². The van der Waals surface area contributed by atoms with Gasteiger partial charge in [-0.2, -0.15) is 13.2 Å². The van der Waals surface area contributed by atoms with Gasteiger partial charge in [0.15, 0.2) is 0 Å². The van der Waals surface area contributed by atoms with Gasteiger partial charge in [-0.25, -0.2) is 4.98 Å². The maximum atomic E-state index is 12.7. The van der Waals surface area contributed by atoms with Gasteiger partial charge in [-0.3, -0.25) is 4.79 Å². The van der Waals surface area contributed by atoms with Gasteiger partial charge in [0.1, 0.15) is 5.52 Å². The Hall–Kier alpha value is -2.35. The first-order valence-corrected chi connectivity index (χ1v) is 6.74. The summed E-state index contributed by atoms with van der Waals surface area (Å²) in [5, 5.41) is 4.32. The van der Waals surface area contributed by atoms with Crippen molar-refractivity contribution in [3.63, 3.8) is 0 Å². The summed E-state index contributed by atoms with van der Waals surface area (Å²) in [6, 6.07) is 7.88. The number of benzene rings is 1. The Kier molecular flexibility index (Phi) is 3.17. The Morgan fingerprint density at radius 1 is 1.24 bits per heavy atom. The highest BCUT2D eigenvalue weighted by atomic mass is 32.1. The van der Waals surface area contributed by atoms with Crippen LogP contribution in [0.4, 0.5) is 18.9 Å². The molecule has 1 aromatic carbocycles. The molecule has 4 nitrogen and oxygen atoms in total. The number of nitrogens with zero attached hydrogens (tertiary/aromatic N) is 1. The first-order chi connectivity index (χ1) is 9.95. The van der Waals surface area contributed by atoms with E-state index in [4.69, 9.17) is 0 Å². The first kappa shape index (κ1) is 13.6. The fourth-order valence-corrected chi connectivity index (χ4v) is 2.48. The third-order valence-corrected chi connectivity index (χ3v) is 3.64. The monoisotopic (exact) mass is 311 g/mol.